The highest BCUT2D eigenvalue weighted by Gasteiger charge is 2.18. The van der Waals surface area contributed by atoms with E-state index in [9.17, 15) is 9.59 Å². The molecule has 0 saturated heterocycles. The lowest BCUT2D eigenvalue weighted by molar-refractivity contribution is -0.115. The summed E-state index contributed by atoms with van der Waals surface area (Å²) in [6.07, 6.45) is -0.0448. The molecule has 0 bridgehead atoms. The summed E-state index contributed by atoms with van der Waals surface area (Å²) in [5.74, 6) is 0.456. The van der Waals surface area contributed by atoms with Crippen molar-refractivity contribution in [3.05, 3.63) is 80.5 Å². The quantitative estimate of drug-likeness (QED) is 0.406. The fourth-order valence-corrected chi connectivity index (χ4v) is 4.13. The molecule has 0 unspecified atom stereocenters. The molecule has 4 aromatic rings. The van der Waals surface area contributed by atoms with Crippen molar-refractivity contribution < 1.29 is 9.53 Å². The number of ether oxygens (including phenoxy) is 1. The maximum atomic E-state index is 13.0. The molecule has 0 aliphatic rings. The molecule has 0 radical (unpaired) electrons. The zero-order valence-electron chi connectivity index (χ0n) is 17.5. The minimum atomic E-state index is -0.290. The van der Waals surface area contributed by atoms with Crippen LogP contribution in [0, 0.1) is 6.92 Å². The topological polar surface area (TPSA) is 89.0 Å². The number of hydrogen-bond donors (Lipinski definition) is 2. The third kappa shape index (κ3) is 4.76. The molecule has 4 rings (SSSR count). The molecule has 32 heavy (non-hydrogen) atoms. The molecular weight excluding hydrogens is 448 g/mol. The third-order valence-corrected chi connectivity index (χ3v) is 5.88. The van der Waals surface area contributed by atoms with E-state index in [-0.39, 0.29) is 17.9 Å². The first-order valence-electron chi connectivity index (χ1n) is 9.99. The SMILES string of the molecule is CCOc1ccc(NC(=O)Cc2c(C)[nH]n(-c3nc(-c4ccc(Cl)cc4)cs3)c2=O)cc1. The average molecular weight is 469 g/mol. The predicted octanol–water partition coefficient (Wildman–Crippen LogP) is 4.83. The van der Waals surface area contributed by atoms with E-state index in [0.29, 0.717) is 33.7 Å². The number of hydrogen-bond acceptors (Lipinski definition) is 5. The molecule has 0 atom stereocenters. The molecule has 1 amide bonds. The maximum Gasteiger partial charge on any atom is 0.277 e. The number of aromatic nitrogens is 3. The van der Waals surface area contributed by atoms with Crippen molar-refractivity contribution in [1.82, 2.24) is 14.8 Å². The van der Waals surface area contributed by atoms with E-state index in [1.54, 1.807) is 43.3 Å². The number of thiazole rings is 1. The van der Waals surface area contributed by atoms with Crippen molar-refractivity contribution >= 4 is 34.5 Å². The highest BCUT2D eigenvalue weighted by Crippen LogP contribution is 2.25. The normalized spacial score (nSPS) is 10.8. The average Bonchev–Trinajstić information content (AvgIpc) is 3.36. The van der Waals surface area contributed by atoms with Crippen LogP contribution in [-0.4, -0.2) is 27.3 Å². The molecule has 164 valence electrons. The van der Waals surface area contributed by atoms with Crippen LogP contribution in [0.3, 0.4) is 0 Å². The molecule has 2 aromatic heterocycles. The fourth-order valence-electron chi connectivity index (χ4n) is 3.21. The lowest BCUT2D eigenvalue weighted by Crippen LogP contribution is -2.22. The number of nitrogens with one attached hydrogen (secondary N) is 2. The Labute approximate surface area is 193 Å². The lowest BCUT2D eigenvalue weighted by Gasteiger charge is -2.06. The second-order valence-electron chi connectivity index (χ2n) is 7.06. The van der Waals surface area contributed by atoms with E-state index in [0.717, 1.165) is 17.0 Å². The van der Waals surface area contributed by atoms with Gasteiger partial charge in [-0.3, -0.25) is 14.7 Å². The van der Waals surface area contributed by atoms with E-state index in [4.69, 9.17) is 16.3 Å². The van der Waals surface area contributed by atoms with E-state index < -0.39 is 0 Å². The highest BCUT2D eigenvalue weighted by atomic mass is 35.5. The second kappa shape index (κ2) is 9.42. The Morgan fingerprint density at radius 3 is 2.59 bits per heavy atom. The van der Waals surface area contributed by atoms with Crippen molar-refractivity contribution in [3.63, 3.8) is 0 Å². The van der Waals surface area contributed by atoms with Gasteiger partial charge in [-0.1, -0.05) is 23.7 Å². The third-order valence-electron chi connectivity index (χ3n) is 4.80. The van der Waals surface area contributed by atoms with Gasteiger partial charge in [0.1, 0.15) is 5.75 Å². The van der Waals surface area contributed by atoms with Gasteiger partial charge in [-0.25, -0.2) is 4.98 Å². The number of rotatable bonds is 7. The van der Waals surface area contributed by atoms with Crippen LogP contribution in [0.25, 0.3) is 16.4 Å². The van der Waals surface area contributed by atoms with Crippen molar-refractivity contribution in [2.75, 3.05) is 11.9 Å². The van der Waals surface area contributed by atoms with Crippen LogP contribution in [0.2, 0.25) is 5.02 Å². The summed E-state index contributed by atoms with van der Waals surface area (Å²) in [6, 6.07) is 14.4. The van der Waals surface area contributed by atoms with Crippen LogP contribution >= 0.6 is 22.9 Å². The van der Waals surface area contributed by atoms with E-state index in [1.807, 2.05) is 24.4 Å². The summed E-state index contributed by atoms with van der Waals surface area (Å²) in [5, 5.41) is 8.86. The van der Waals surface area contributed by atoms with Gasteiger partial charge in [-0.15, -0.1) is 11.3 Å². The number of anilines is 1. The lowest BCUT2D eigenvalue weighted by atomic mass is 10.2. The smallest absolute Gasteiger partial charge is 0.277 e. The molecule has 9 heteroatoms. The van der Waals surface area contributed by atoms with Gasteiger partial charge >= 0.3 is 0 Å². The molecule has 7 nitrogen and oxygen atoms in total. The van der Waals surface area contributed by atoms with E-state index >= 15 is 0 Å². The monoisotopic (exact) mass is 468 g/mol. The van der Waals surface area contributed by atoms with Gasteiger partial charge in [0.15, 0.2) is 0 Å². The summed E-state index contributed by atoms with van der Waals surface area (Å²) < 4.78 is 6.78. The fraction of sp³-hybridized carbons (Fsp3) is 0.174. The van der Waals surface area contributed by atoms with Crippen LogP contribution in [0.5, 0.6) is 5.75 Å². The number of nitrogens with zero attached hydrogens (tertiary/aromatic N) is 2. The highest BCUT2D eigenvalue weighted by molar-refractivity contribution is 7.12. The Balaban J connectivity index is 1.50. The molecule has 0 aliphatic heterocycles. The first kappa shape index (κ1) is 21.9. The Kier molecular flexibility index (Phi) is 6.43. The van der Waals surface area contributed by atoms with Crippen molar-refractivity contribution in [2.45, 2.75) is 20.3 Å². The number of carbonyl (C=O) groups excluding carboxylic acids is 1. The van der Waals surface area contributed by atoms with Gasteiger partial charge in [0.05, 0.1) is 18.7 Å². The molecule has 0 aliphatic carbocycles. The molecular formula is C23H21ClN4O3S. The van der Waals surface area contributed by atoms with Crippen LogP contribution < -0.4 is 15.6 Å². The van der Waals surface area contributed by atoms with Crippen LogP contribution in [-0.2, 0) is 11.2 Å². The predicted molar refractivity (Wildman–Crippen MR) is 127 cm³/mol. The molecule has 2 aromatic carbocycles. The Bertz CT molecular complexity index is 1290. The molecule has 2 N–H and O–H groups in total. The first-order chi connectivity index (χ1) is 15.4. The number of carbonyl (C=O) groups is 1. The number of amides is 1. The van der Waals surface area contributed by atoms with Crippen molar-refractivity contribution in [3.8, 4) is 22.1 Å². The van der Waals surface area contributed by atoms with Gasteiger partial charge in [0, 0.05) is 32.9 Å². The van der Waals surface area contributed by atoms with Crippen LogP contribution in [0.1, 0.15) is 18.2 Å². The number of H-pyrrole nitrogens is 1. The number of aryl methyl sites for hydroxylation is 1. The minimum absolute atomic E-state index is 0.0448. The number of halogens is 1. The largest absolute Gasteiger partial charge is 0.494 e. The second-order valence-corrected chi connectivity index (χ2v) is 8.33. The molecule has 0 fully saturated rings. The maximum absolute atomic E-state index is 13.0. The summed E-state index contributed by atoms with van der Waals surface area (Å²) >= 11 is 7.29. The van der Waals surface area contributed by atoms with Gasteiger partial charge in [-0.2, -0.15) is 4.68 Å². The summed E-state index contributed by atoms with van der Waals surface area (Å²) in [6.45, 7) is 4.25. The first-order valence-corrected chi connectivity index (χ1v) is 11.3. The van der Waals surface area contributed by atoms with Crippen LogP contribution in [0.4, 0.5) is 5.69 Å². The van der Waals surface area contributed by atoms with Crippen molar-refractivity contribution in [2.24, 2.45) is 0 Å². The van der Waals surface area contributed by atoms with Crippen molar-refractivity contribution in [1.29, 1.82) is 0 Å². The zero-order chi connectivity index (χ0) is 22.7. The molecule has 0 spiro atoms. The molecule has 2 heterocycles. The summed E-state index contributed by atoms with van der Waals surface area (Å²) in [5.41, 5.74) is 3.02. The van der Waals surface area contributed by atoms with Gasteiger partial charge in [-0.05, 0) is 50.2 Å². The minimum Gasteiger partial charge on any atom is -0.494 e. The molecule has 0 saturated carbocycles. The van der Waals surface area contributed by atoms with Crippen LogP contribution in [0.15, 0.2) is 58.7 Å². The van der Waals surface area contributed by atoms with Gasteiger partial charge in [0.25, 0.3) is 5.56 Å². The number of aromatic amines is 1. The Morgan fingerprint density at radius 2 is 1.91 bits per heavy atom. The standard InChI is InChI=1S/C23H21ClN4O3S/c1-3-31-18-10-8-17(9-11-18)25-21(29)12-19-14(2)27-28(22(19)30)23-26-20(13-32-23)15-4-6-16(24)7-5-15/h4-11,13,27H,3,12H2,1-2H3,(H,25,29). The van der Waals surface area contributed by atoms with E-state index in [1.165, 1.54) is 16.0 Å². The summed E-state index contributed by atoms with van der Waals surface area (Å²) in [4.78, 5) is 30.1. The van der Waals surface area contributed by atoms with Gasteiger partial charge < -0.3 is 10.1 Å². The number of benzene rings is 2. The Hall–Kier alpha value is -3.36. The summed E-state index contributed by atoms with van der Waals surface area (Å²) in [7, 11) is 0. The Morgan fingerprint density at radius 1 is 1.19 bits per heavy atom. The van der Waals surface area contributed by atoms with E-state index in [2.05, 4.69) is 15.4 Å². The van der Waals surface area contributed by atoms with Gasteiger partial charge in [0.2, 0.25) is 11.0 Å². The zero-order valence-corrected chi connectivity index (χ0v) is 19.1.